The highest BCUT2D eigenvalue weighted by Crippen LogP contribution is 2.18. The number of pyridine rings is 1. The maximum atomic E-state index is 12.5. The second-order valence-electron chi connectivity index (χ2n) is 7.39. The molecule has 1 aromatic heterocycles. The van der Waals surface area contributed by atoms with Crippen molar-refractivity contribution in [3.05, 3.63) is 18.3 Å². The van der Waals surface area contributed by atoms with E-state index < -0.39 is 0 Å². The number of amides is 2. The topological polar surface area (TPSA) is 69.7 Å². The van der Waals surface area contributed by atoms with Gasteiger partial charge in [-0.25, -0.2) is 9.78 Å². The van der Waals surface area contributed by atoms with E-state index in [1.165, 1.54) is 0 Å². The first kappa shape index (κ1) is 18.8. The first-order valence-electron chi connectivity index (χ1n) is 9.65. The number of nitrogens with one attached hydrogen (secondary N) is 2. The molecule has 2 aliphatic heterocycles. The molecule has 0 bridgehead atoms. The van der Waals surface area contributed by atoms with E-state index in [9.17, 15) is 4.79 Å². The summed E-state index contributed by atoms with van der Waals surface area (Å²) < 4.78 is 5.36. The SMILES string of the molecule is CN(C)c1ccc(NC2CCCN(C(=O)NC3CCOCC3)CC2)cn1. The van der Waals surface area contributed by atoms with Gasteiger partial charge in [-0.05, 0) is 44.2 Å². The third-order valence-electron chi connectivity index (χ3n) is 5.14. The Bertz CT molecular complexity index is 572. The second-order valence-corrected chi connectivity index (χ2v) is 7.39. The fourth-order valence-electron chi connectivity index (χ4n) is 3.52. The molecular weight excluding hydrogens is 330 g/mol. The van der Waals surface area contributed by atoms with Crippen LogP contribution < -0.4 is 15.5 Å². The number of nitrogens with zero attached hydrogens (tertiary/aromatic N) is 3. The molecule has 3 heterocycles. The van der Waals surface area contributed by atoms with Crippen LogP contribution in [0.15, 0.2) is 18.3 Å². The van der Waals surface area contributed by atoms with Crippen molar-refractivity contribution in [2.24, 2.45) is 0 Å². The Hall–Kier alpha value is -2.02. The second kappa shape index (κ2) is 9.07. The maximum absolute atomic E-state index is 12.5. The van der Waals surface area contributed by atoms with Crippen molar-refractivity contribution in [2.75, 3.05) is 50.6 Å². The van der Waals surface area contributed by atoms with E-state index in [0.717, 1.165) is 69.9 Å². The van der Waals surface area contributed by atoms with E-state index in [2.05, 4.69) is 21.7 Å². The fraction of sp³-hybridized carbons (Fsp3) is 0.684. The third kappa shape index (κ3) is 5.24. The van der Waals surface area contributed by atoms with Gasteiger partial charge in [0.15, 0.2) is 0 Å². The average molecular weight is 361 g/mol. The Morgan fingerprint density at radius 1 is 1.15 bits per heavy atom. The number of hydrogen-bond acceptors (Lipinski definition) is 5. The van der Waals surface area contributed by atoms with Gasteiger partial charge in [0.1, 0.15) is 5.82 Å². The van der Waals surface area contributed by atoms with E-state index in [1.807, 2.05) is 36.2 Å². The molecule has 2 saturated heterocycles. The third-order valence-corrected chi connectivity index (χ3v) is 5.14. The minimum absolute atomic E-state index is 0.0783. The molecule has 0 saturated carbocycles. The summed E-state index contributed by atoms with van der Waals surface area (Å²) in [7, 11) is 3.97. The molecule has 144 valence electrons. The molecule has 1 atom stereocenters. The summed E-state index contributed by atoms with van der Waals surface area (Å²) in [6, 6.07) is 4.81. The number of likely N-dealkylation sites (tertiary alicyclic amines) is 1. The van der Waals surface area contributed by atoms with Gasteiger partial charge in [-0.2, -0.15) is 0 Å². The van der Waals surface area contributed by atoms with Crippen molar-refractivity contribution in [1.29, 1.82) is 0 Å². The van der Waals surface area contributed by atoms with Gasteiger partial charge in [0.05, 0.1) is 11.9 Å². The van der Waals surface area contributed by atoms with E-state index in [1.54, 1.807) is 0 Å². The van der Waals surface area contributed by atoms with Crippen molar-refractivity contribution in [3.8, 4) is 0 Å². The number of aromatic nitrogens is 1. The van der Waals surface area contributed by atoms with Crippen LogP contribution in [0.1, 0.15) is 32.1 Å². The number of anilines is 2. The largest absolute Gasteiger partial charge is 0.381 e. The minimum atomic E-state index is 0.0783. The standard InChI is InChI=1S/C19H31N5O2/c1-23(2)18-6-5-17(14-20-18)21-15-4-3-10-24(11-7-15)19(25)22-16-8-12-26-13-9-16/h5-6,14-16,21H,3-4,7-13H2,1-2H3,(H,22,25). The fourth-order valence-corrected chi connectivity index (χ4v) is 3.52. The van der Waals surface area contributed by atoms with Crippen molar-refractivity contribution < 1.29 is 9.53 Å². The maximum Gasteiger partial charge on any atom is 0.317 e. The molecule has 1 unspecified atom stereocenters. The van der Waals surface area contributed by atoms with Gasteiger partial charge in [-0.3, -0.25) is 0 Å². The number of carbonyl (C=O) groups excluding carboxylic acids is 1. The lowest BCUT2D eigenvalue weighted by atomic mass is 10.1. The highest BCUT2D eigenvalue weighted by Gasteiger charge is 2.23. The van der Waals surface area contributed by atoms with Crippen LogP contribution in [0.25, 0.3) is 0 Å². The summed E-state index contributed by atoms with van der Waals surface area (Å²) in [6.45, 7) is 3.11. The molecule has 26 heavy (non-hydrogen) atoms. The quantitative estimate of drug-likeness (QED) is 0.861. The van der Waals surface area contributed by atoms with Gasteiger partial charge in [-0.15, -0.1) is 0 Å². The lowest BCUT2D eigenvalue weighted by Crippen LogP contribution is -2.47. The van der Waals surface area contributed by atoms with Gasteiger partial charge in [0.25, 0.3) is 0 Å². The molecule has 2 amide bonds. The Kier molecular flexibility index (Phi) is 6.55. The van der Waals surface area contributed by atoms with E-state index in [0.29, 0.717) is 6.04 Å². The zero-order valence-electron chi connectivity index (χ0n) is 15.9. The number of rotatable bonds is 4. The minimum Gasteiger partial charge on any atom is -0.381 e. The molecule has 0 aromatic carbocycles. The van der Waals surface area contributed by atoms with Crippen LogP contribution in [0.4, 0.5) is 16.3 Å². The molecule has 7 heteroatoms. The predicted octanol–water partition coefficient (Wildman–Crippen LogP) is 2.30. The number of carbonyl (C=O) groups is 1. The van der Waals surface area contributed by atoms with Gasteiger partial charge in [0, 0.05) is 52.5 Å². The first-order valence-corrected chi connectivity index (χ1v) is 9.65. The van der Waals surface area contributed by atoms with Crippen LogP contribution in [0.5, 0.6) is 0 Å². The summed E-state index contributed by atoms with van der Waals surface area (Å²) >= 11 is 0. The molecular formula is C19H31N5O2. The van der Waals surface area contributed by atoms with Gasteiger partial charge in [0.2, 0.25) is 0 Å². The summed E-state index contributed by atoms with van der Waals surface area (Å²) in [5.41, 5.74) is 1.04. The summed E-state index contributed by atoms with van der Waals surface area (Å²) in [5.74, 6) is 0.951. The Morgan fingerprint density at radius 2 is 1.96 bits per heavy atom. The van der Waals surface area contributed by atoms with Crippen LogP contribution in [0.2, 0.25) is 0 Å². The smallest absolute Gasteiger partial charge is 0.317 e. The zero-order valence-corrected chi connectivity index (χ0v) is 15.9. The van der Waals surface area contributed by atoms with E-state index in [4.69, 9.17) is 4.74 Å². The number of hydrogen-bond donors (Lipinski definition) is 2. The summed E-state index contributed by atoms with van der Waals surface area (Å²) in [6.07, 6.45) is 6.75. The van der Waals surface area contributed by atoms with Crippen molar-refractivity contribution in [2.45, 2.75) is 44.2 Å². The predicted molar refractivity (Wildman–Crippen MR) is 104 cm³/mol. The van der Waals surface area contributed by atoms with Gasteiger partial charge >= 0.3 is 6.03 Å². The molecule has 2 aliphatic rings. The number of ether oxygens (including phenoxy) is 1. The van der Waals surface area contributed by atoms with Crippen LogP contribution in [-0.4, -0.2) is 68.4 Å². The van der Waals surface area contributed by atoms with Crippen LogP contribution in [0, 0.1) is 0 Å². The van der Waals surface area contributed by atoms with E-state index in [-0.39, 0.29) is 12.1 Å². The molecule has 0 aliphatic carbocycles. The molecule has 7 nitrogen and oxygen atoms in total. The van der Waals surface area contributed by atoms with Crippen LogP contribution >= 0.6 is 0 Å². The van der Waals surface area contributed by atoms with E-state index >= 15 is 0 Å². The highest BCUT2D eigenvalue weighted by atomic mass is 16.5. The Balaban J connectivity index is 1.47. The van der Waals surface area contributed by atoms with Crippen molar-refractivity contribution >= 4 is 17.5 Å². The van der Waals surface area contributed by atoms with Crippen LogP contribution in [-0.2, 0) is 4.74 Å². The lowest BCUT2D eigenvalue weighted by Gasteiger charge is -2.27. The normalized spacial score (nSPS) is 21.8. The van der Waals surface area contributed by atoms with Crippen molar-refractivity contribution in [1.82, 2.24) is 15.2 Å². The monoisotopic (exact) mass is 361 g/mol. The summed E-state index contributed by atoms with van der Waals surface area (Å²) in [4.78, 5) is 20.9. The molecule has 0 radical (unpaired) electrons. The number of urea groups is 1. The highest BCUT2D eigenvalue weighted by molar-refractivity contribution is 5.74. The van der Waals surface area contributed by atoms with Crippen LogP contribution in [0.3, 0.4) is 0 Å². The van der Waals surface area contributed by atoms with Crippen molar-refractivity contribution in [3.63, 3.8) is 0 Å². The van der Waals surface area contributed by atoms with Gasteiger partial charge in [-0.1, -0.05) is 0 Å². The molecule has 2 N–H and O–H groups in total. The molecule has 0 spiro atoms. The van der Waals surface area contributed by atoms with Gasteiger partial charge < -0.3 is 25.2 Å². The zero-order chi connectivity index (χ0) is 18.4. The molecule has 1 aromatic rings. The summed E-state index contributed by atoms with van der Waals surface area (Å²) in [5, 5.41) is 6.74. The first-order chi connectivity index (χ1) is 12.6. The Morgan fingerprint density at radius 3 is 2.65 bits per heavy atom. The lowest BCUT2D eigenvalue weighted by molar-refractivity contribution is 0.0781. The Labute approximate surface area is 156 Å². The molecule has 2 fully saturated rings. The average Bonchev–Trinajstić information content (AvgIpc) is 2.89. The molecule has 3 rings (SSSR count).